The van der Waals surface area contributed by atoms with Gasteiger partial charge < -0.3 is 15.3 Å². The zero-order valence-corrected chi connectivity index (χ0v) is 19.0. The fourth-order valence-electron chi connectivity index (χ4n) is 3.66. The maximum atomic E-state index is 14.0. The van der Waals surface area contributed by atoms with Crippen molar-refractivity contribution in [3.05, 3.63) is 53.9 Å². The predicted molar refractivity (Wildman–Crippen MR) is 122 cm³/mol. The van der Waals surface area contributed by atoms with Crippen LogP contribution in [0.2, 0.25) is 0 Å². The normalized spacial score (nSPS) is 16.4. The van der Waals surface area contributed by atoms with Crippen LogP contribution >= 0.6 is 0 Å². The molecule has 1 saturated carbocycles. The van der Waals surface area contributed by atoms with Crippen LogP contribution < -0.4 is 10.2 Å². The van der Waals surface area contributed by atoms with Crippen molar-refractivity contribution in [2.45, 2.75) is 31.6 Å². The number of carboxylic acid groups (broad SMARTS) is 1. The average Bonchev–Trinajstić information content (AvgIpc) is 3.65. The summed E-state index contributed by atoms with van der Waals surface area (Å²) in [5.74, 6) is -1.87. The highest BCUT2D eigenvalue weighted by molar-refractivity contribution is 5.80. The number of rotatable bonds is 5. The topological polar surface area (TPSA) is 94.5 Å². The molecule has 13 heteroatoms. The number of alkyl halides is 3. The van der Waals surface area contributed by atoms with Crippen LogP contribution in [0.25, 0.3) is 11.0 Å². The molecule has 36 heavy (non-hydrogen) atoms. The van der Waals surface area contributed by atoms with Crippen LogP contribution in [0.5, 0.6) is 0 Å². The summed E-state index contributed by atoms with van der Waals surface area (Å²) in [6.07, 6.45) is 0.683. The molecule has 0 atom stereocenters. The van der Waals surface area contributed by atoms with E-state index in [0.717, 1.165) is 67.8 Å². The Hall–Kier alpha value is -3.61. The number of nitrogens with one attached hydrogen (secondary N) is 1. The second-order valence-corrected chi connectivity index (χ2v) is 8.48. The monoisotopic (exact) mass is 510 g/mol. The van der Waals surface area contributed by atoms with Gasteiger partial charge in [0.25, 0.3) is 0 Å². The SMILES string of the molecule is Fc1ccc(F)c(CN2CCN(c3nc4cnccc4nc3NC3CC3)CC2)c1.O=C(O)C(F)(F)F. The lowest BCUT2D eigenvalue weighted by atomic mass is 10.1. The Kier molecular flexibility index (Phi) is 7.48. The minimum Gasteiger partial charge on any atom is -0.475 e. The second-order valence-electron chi connectivity index (χ2n) is 8.48. The summed E-state index contributed by atoms with van der Waals surface area (Å²) in [5.41, 5.74) is 1.99. The second kappa shape index (κ2) is 10.6. The summed E-state index contributed by atoms with van der Waals surface area (Å²) in [5, 5.41) is 10.6. The quantitative estimate of drug-likeness (QED) is 0.501. The van der Waals surface area contributed by atoms with E-state index in [2.05, 4.69) is 20.1 Å². The summed E-state index contributed by atoms with van der Waals surface area (Å²) in [7, 11) is 0. The standard InChI is InChI=1S/C21H22F2N6.C2HF3O2/c22-15-1-4-17(23)14(11-15)13-28-7-9-29(10-8-28)21-20(25-16-2-3-16)26-18-5-6-24-12-19(18)27-21;3-2(4,5)1(6)7/h1,4-6,11-12,16H,2-3,7-10,13H2,(H,25,26);(H,6,7). The Bertz CT molecular complexity index is 1230. The van der Waals surface area contributed by atoms with E-state index in [1.54, 1.807) is 12.4 Å². The van der Waals surface area contributed by atoms with E-state index in [1.165, 1.54) is 12.1 Å². The van der Waals surface area contributed by atoms with Gasteiger partial charge >= 0.3 is 12.1 Å². The van der Waals surface area contributed by atoms with Gasteiger partial charge in [0, 0.05) is 50.5 Å². The van der Waals surface area contributed by atoms with Crippen molar-refractivity contribution in [1.82, 2.24) is 19.9 Å². The summed E-state index contributed by atoms with van der Waals surface area (Å²) in [6, 6.07) is 5.96. The lowest BCUT2D eigenvalue weighted by molar-refractivity contribution is -0.192. The van der Waals surface area contributed by atoms with Crippen LogP contribution in [-0.4, -0.2) is 69.3 Å². The molecule has 0 radical (unpaired) electrons. The summed E-state index contributed by atoms with van der Waals surface area (Å²) >= 11 is 0. The lowest BCUT2D eigenvalue weighted by Gasteiger charge is -2.36. The maximum absolute atomic E-state index is 14.0. The first-order chi connectivity index (χ1) is 17.1. The van der Waals surface area contributed by atoms with Gasteiger partial charge in [0.2, 0.25) is 0 Å². The fourth-order valence-corrected chi connectivity index (χ4v) is 3.66. The maximum Gasteiger partial charge on any atom is 0.490 e. The molecule has 0 amide bonds. The molecule has 1 aliphatic heterocycles. The molecule has 2 N–H and O–H groups in total. The minimum atomic E-state index is -5.08. The number of fused-ring (bicyclic) bond motifs is 1. The first-order valence-corrected chi connectivity index (χ1v) is 11.2. The largest absolute Gasteiger partial charge is 0.490 e. The molecule has 1 saturated heterocycles. The first-order valence-electron chi connectivity index (χ1n) is 11.2. The number of carboxylic acids is 1. The first kappa shape index (κ1) is 25.5. The van der Waals surface area contributed by atoms with Crippen molar-refractivity contribution >= 4 is 28.6 Å². The van der Waals surface area contributed by atoms with E-state index in [-0.39, 0.29) is 5.82 Å². The van der Waals surface area contributed by atoms with Gasteiger partial charge in [-0.05, 0) is 37.1 Å². The number of anilines is 2. The van der Waals surface area contributed by atoms with Crippen LogP contribution in [0.15, 0.2) is 36.7 Å². The van der Waals surface area contributed by atoms with Crippen molar-refractivity contribution in [1.29, 1.82) is 0 Å². The predicted octanol–water partition coefficient (Wildman–Crippen LogP) is 3.83. The Balaban J connectivity index is 0.000000384. The Morgan fingerprint density at radius 1 is 1.06 bits per heavy atom. The Morgan fingerprint density at radius 3 is 2.39 bits per heavy atom. The Morgan fingerprint density at radius 2 is 1.75 bits per heavy atom. The number of benzene rings is 1. The molecule has 3 heterocycles. The van der Waals surface area contributed by atoms with Crippen molar-refractivity contribution < 1.29 is 31.9 Å². The number of halogens is 5. The van der Waals surface area contributed by atoms with Gasteiger partial charge in [0.15, 0.2) is 11.6 Å². The molecule has 5 rings (SSSR count). The van der Waals surface area contributed by atoms with Crippen LogP contribution in [-0.2, 0) is 11.3 Å². The molecule has 8 nitrogen and oxygen atoms in total. The molecule has 0 unspecified atom stereocenters. The highest BCUT2D eigenvalue weighted by Gasteiger charge is 2.38. The van der Waals surface area contributed by atoms with E-state index in [0.29, 0.717) is 18.2 Å². The zero-order chi connectivity index (χ0) is 25.9. The molecular formula is C23H23F5N6O2. The number of hydrogen-bond acceptors (Lipinski definition) is 7. The molecule has 1 aromatic carbocycles. The van der Waals surface area contributed by atoms with Crippen LogP contribution in [0.3, 0.4) is 0 Å². The Labute approximate surface area is 202 Å². The van der Waals surface area contributed by atoms with Crippen molar-refractivity contribution in [2.75, 3.05) is 36.4 Å². The van der Waals surface area contributed by atoms with E-state index in [1.807, 2.05) is 6.07 Å². The van der Waals surface area contributed by atoms with E-state index < -0.39 is 18.0 Å². The molecule has 1 aliphatic carbocycles. The lowest BCUT2D eigenvalue weighted by Crippen LogP contribution is -2.46. The summed E-state index contributed by atoms with van der Waals surface area (Å²) < 4.78 is 59.1. The van der Waals surface area contributed by atoms with Crippen molar-refractivity contribution in [3.63, 3.8) is 0 Å². The number of pyridine rings is 1. The number of nitrogens with zero attached hydrogens (tertiary/aromatic N) is 5. The molecule has 0 spiro atoms. The van der Waals surface area contributed by atoms with Gasteiger partial charge in [-0.1, -0.05) is 0 Å². The minimum absolute atomic E-state index is 0.363. The van der Waals surface area contributed by atoms with Crippen molar-refractivity contribution in [3.8, 4) is 0 Å². The molecule has 2 aliphatic rings. The molecule has 2 aromatic heterocycles. The third-order valence-electron chi connectivity index (χ3n) is 5.68. The van der Waals surface area contributed by atoms with Gasteiger partial charge in [-0.25, -0.2) is 23.5 Å². The van der Waals surface area contributed by atoms with Gasteiger partial charge in [-0.15, -0.1) is 0 Å². The van der Waals surface area contributed by atoms with E-state index >= 15 is 0 Å². The van der Waals surface area contributed by atoms with Crippen LogP contribution in [0.1, 0.15) is 18.4 Å². The highest BCUT2D eigenvalue weighted by Crippen LogP contribution is 2.31. The summed E-state index contributed by atoms with van der Waals surface area (Å²) in [6.45, 7) is 3.38. The zero-order valence-electron chi connectivity index (χ0n) is 19.0. The average molecular weight is 510 g/mol. The number of carbonyl (C=O) groups is 1. The molecular weight excluding hydrogens is 487 g/mol. The molecule has 2 fully saturated rings. The van der Waals surface area contributed by atoms with E-state index in [4.69, 9.17) is 19.9 Å². The molecule has 3 aromatic rings. The van der Waals surface area contributed by atoms with E-state index in [9.17, 15) is 22.0 Å². The number of aliphatic carboxylic acids is 1. The van der Waals surface area contributed by atoms with Crippen LogP contribution in [0.4, 0.5) is 33.6 Å². The number of aromatic nitrogens is 3. The van der Waals surface area contributed by atoms with Gasteiger partial charge in [-0.3, -0.25) is 9.88 Å². The third kappa shape index (κ3) is 6.53. The third-order valence-corrected chi connectivity index (χ3v) is 5.68. The smallest absolute Gasteiger partial charge is 0.475 e. The number of hydrogen-bond donors (Lipinski definition) is 2. The fraction of sp³-hybridized carbons (Fsp3) is 0.391. The van der Waals surface area contributed by atoms with Crippen molar-refractivity contribution in [2.24, 2.45) is 0 Å². The molecule has 192 valence electrons. The summed E-state index contributed by atoms with van der Waals surface area (Å²) in [4.78, 5) is 27.0. The highest BCUT2D eigenvalue weighted by atomic mass is 19.4. The van der Waals surface area contributed by atoms with Gasteiger partial charge in [-0.2, -0.15) is 13.2 Å². The van der Waals surface area contributed by atoms with Crippen LogP contribution in [0, 0.1) is 11.6 Å². The number of piperazine rings is 1. The van der Waals surface area contributed by atoms with Gasteiger partial charge in [0.1, 0.15) is 17.2 Å². The molecule has 0 bridgehead atoms. The van der Waals surface area contributed by atoms with Gasteiger partial charge in [0.05, 0.1) is 11.7 Å².